The van der Waals surface area contributed by atoms with Gasteiger partial charge in [0.25, 0.3) is 0 Å². The van der Waals surface area contributed by atoms with E-state index in [1.807, 2.05) is 0 Å². The highest BCUT2D eigenvalue weighted by molar-refractivity contribution is 14.1. The second-order valence-corrected chi connectivity index (χ2v) is 6.10. The van der Waals surface area contributed by atoms with Crippen LogP contribution in [-0.2, 0) is 9.53 Å². The molecule has 66 valence electrons. The van der Waals surface area contributed by atoms with Crippen molar-refractivity contribution in [3.05, 3.63) is 0 Å². The van der Waals surface area contributed by atoms with Gasteiger partial charge >= 0.3 is 5.97 Å². The van der Waals surface area contributed by atoms with Crippen molar-refractivity contribution >= 4 is 40.2 Å². The van der Waals surface area contributed by atoms with E-state index in [1.165, 1.54) is 0 Å². The van der Waals surface area contributed by atoms with E-state index >= 15 is 0 Å². The summed E-state index contributed by atoms with van der Waals surface area (Å²) in [6.45, 7) is 0. The van der Waals surface area contributed by atoms with Gasteiger partial charge in [-0.05, 0) is 18.8 Å². The largest absolute Gasteiger partial charge is 0.460 e. The molecule has 1 heterocycles. The lowest BCUT2D eigenvalue weighted by Crippen LogP contribution is -2.36. The molecule has 3 rings (SSSR count). The molecule has 0 unspecified atom stereocenters. The van der Waals surface area contributed by atoms with Crippen LogP contribution in [0, 0.1) is 11.8 Å². The maximum atomic E-state index is 11.4. The summed E-state index contributed by atoms with van der Waals surface area (Å²) in [5.74, 6) is 0.754. The van der Waals surface area contributed by atoms with Crippen LogP contribution in [-0.4, -0.2) is 20.9 Å². The monoisotopic (exact) mass is 298 g/mol. The number of carbonyl (C=O) groups excluding carboxylic acids is 1. The van der Waals surface area contributed by atoms with Crippen LogP contribution in [0.1, 0.15) is 12.8 Å². The molecule has 0 aromatic rings. The molecule has 0 N–H and O–H groups in total. The fourth-order valence-electron chi connectivity index (χ4n) is 2.86. The van der Waals surface area contributed by atoms with Crippen molar-refractivity contribution in [1.29, 1.82) is 0 Å². The van der Waals surface area contributed by atoms with Gasteiger partial charge in [0.15, 0.2) is 0 Å². The van der Waals surface area contributed by atoms with Gasteiger partial charge in [-0.2, -0.15) is 0 Å². The van der Waals surface area contributed by atoms with Crippen molar-refractivity contribution in [3.63, 3.8) is 0 Å². The fourth-order valence-corrected chi connectivity index (χ4v) is 4.51. The minimum Gasteiger partial charge on any atom is -0.460 e. The van der Waals surface area contributed by atoms with Gasteiger partial charge in [0, 0.05) is 5.92 Å². The molecule has 0 aromatic carbocycles. The molecule has 1 saturated heterocycles. The first-order chi connectivity index (χ1) is 5.63. The quantitative estimate of drug-likeness (QED) is 0.387. The molecule has 2 nitrogen and oxygen atoms in total. The highest BCUT2D eigenvalue weighted by Crippen LogP contribution is 2.61. The Kier molecular flexibility index (Phi) is 1.38. The van der Waals surface area contributed by atoms with Crippen molar-refractivity contribution in [1.82, 2.24) is 0 Å². The Labute approximate surface area is 89.1 Å². The topological polar surface area (TPSA) is 26.3 Å². The fraction of sp³-hybridized carbons (Fsp3) is 0.875. The van der Waals surface area contributed by atoms with Gasteiger partial charge in [0.1, 0.15) is 11.0 Å². The molecule has 2 saturated carbocycles. The number of ether oxygens (including phenoxy) is 1. The van der Waals surface area contributed by atoms with E-state index in [-0.39, 0.29) is 12.1 Å². The SMILES string of the molecule is O=C1O[C@@H]2[C@H](I)[C@@H]3C[C@@H]2[C@@]1(Cl)C3. The normalized spacial score (nSPS) is 61.0. The summed E-state index contributed by atoms with van der Waals surface area (Å²) in [4.78, 5) is 10.8. The van der Waals surface area contributed by atoms with E-state index in [0.29, 0.717) is 15.8 Å². The van der Waals surface area contributed by atoms with Gasteiger partial charge in [0.05, 0.1) is 3.92 Å². The highest BCUT2D eigenvalue weighted by Gasteiger charge is 2.69. The summed E-state index contributed by atoms with van der Waals surface area (Å²) in [6.07, 6.45) is 2.05. The summed E-state index contributed by atoms with van der Waals surface area (Å²) in [7, 11) is 0. The van der Waals surface area contributed by atoms with Gasteiger partial charge in [-0.3, -0.25) is 4.79 Å². The second-order valence-electron chi connectivity index (χ2n) is 3.98. The zero-order valence-corrected chi connectivity index (χ0v) is 9.21. The van der Waals surface area contributed by atoms with Crippen molar-refractivity contribution in [2.24, 2.45) is 11.8 Å². The Morgan fingerprint density at radius 2 is 2.42 bits per heavy atom. The van der Waals surface area contributed by atoms with Crippen molar-refractivity contribution in [2.45, 2.75) is 27.7 Å². The van der Waals surface area contributed by atoms with E-state index in [0.717, 1.165) is 12.8 Å². The molecule has 3 aliphatic rings. The first-order valence-electron chi connectivity index (χ1n) is 4.17. The van der Waals surface area contributed by atoms with E-state index < -0.39 is 4.87 Å². The highest BCUT2D eigenvalue weighted by atomic mass is 127. The molecule has 3 fully saturated rings. The third kappa shape index (κ3) is 0.672. The molecule has 2 aliphatic carbocycles. The molecule has 12 heavy (non-hydrogen) atoms. The Hall–Kier alpha value is 0.490. The standard InChI is InChI=1S/C8H8ClIO2/c9-8-2-3-1-4(8)6(5(3)10)12-7(8)11/h3-6H,1-2H2/t3-,4+,5-,6+,8+/m1/s1. The number of halogens is 2. The van der Waals surface area contributed by atoms with E-state index in [9.17, 15) is 4.79 Å². The Morgan fingerprint density at radius 3 is 3.00 bits per heavy atom. The lowest BCUT2D eigenvalue weighted by atomic mass is 9.89. The van der Waals surface area contributed by atoms with E-state index in [2.05, 4.69) is 22.6 Å². The maximum Gasteiger partial charge on any atom is 0.327 e. The Morgan fingerprint density at radius 1 is 1.67 bits per heavy atom. The summed E-state index contributed by atoms with van der Waals surface area (Å²) in [5.41, 5.74) is 0. The molecule has 0 amide bonds. The predicted octanol–water partition coefficient (Wildman–Crippen LogP) is 1.73. The van der Waals surface area contributed by atoms with Gasteiger partial charge in [0.2, 0.25) is 0 Å². The summed E-state index contributed by atoms with van der Waals surface area (Å²) in [6, 6.07) is 0. The number of hydrogen-bond acceptors (Lipinski definition) is 2. The van der Waals surface area contributed by atoms with Gasteiger partial charge < -0.3 is 4.74 Å². The average Bonchev–Trinajstić information content (AvgIpc) is 2.53. The minimum absolute atomic E-state index is 0.120. The molecule has 0 aromatic heterocycles. The number of carbonyl (C=O) groups is 1. The van der Waals surface area contributed by atoms with Crippen molar-refractivity contribution < 1.29 is 9.53 Å². The second kappa shape index (κ2) is 2.11. The van der Waals surface area contributed by atoms with Crippen LogP contribution in [0.5, 0.6) is 0 Å². The van der Waals surface area contributed by atoms with Crippen LogP contribution in [0.3, 0.4) is 0 Å². The Bertz CT molecular complexity index is 270. The lowest BCUT2D eigenvalue weighted by Gasteiger charge is -2.24. The maximum absolute atomic E-state index is 11.4. The van der Waals surface area contributed by atoms with Crippen LogP contribution in [0.2, 0.25) is 0 Å². The predicted molar refractivity (Wildman–Crippen MR) is 52.5 cm³/mol. The van der Waals surface area contributed by atoms with Crippen LogP contribution in [0.15, 0.2) is 0 Å². The van der Waals surface area contributed by atoms with E-state index in [1.54, 1.807) is 0 Å². The molecule has 5 atom stereocenters. The van der Waals surface area contributed by atoms with E-state index in [4.69, 9.17) is 16.3 Å². The third-order valence-corrected chi connectivity index (χ3v) is 5.76. The van der Waals surface area contributed by atoms with Crippen LogP contribution < -0.4 is 0 Å². The van der Waals surface area contributed by atoms with Crippen molar-refractivity contribution in [3.8, 4) is 0 Å². The van der Waals surface area contributed by atoms with Crippen LogP contribution >= 0.6 is 34.2 Å². The summed E-state index contributed by atoms with van der Waals surface area (Å²) in [5, 5.41) is 0. The number of esters is 1. The number of hydrogen-bond donors (Lipinski definition) is 0. The lowest BCUT2D eigenvalue weighted by molar-refractivity contribution is -0.142. The van der Waals surface area contributed by atoms with Gasteiger partial charge in [-0.15, -0.1) is 11.6 Å². The smallest absolute Gasteiger partial charge is 0.327 e. The molecule has 4 heteroatoms. The average molecular weight is 299 g/mol. The first-order valence-corrected chi connectivity index (χ1v) is 5.79. The van der Waals surface area contributed by atoms with Gasteiger partial charge in [-0.1, -0.05) is 22.6 Å². The van der Waals surface area contributed by atoms with Gasteiger partial charge in [-0.25, -0.2) is 0 Å². The number of fused-ring (bicyclic) bond motifs is 1. The third-order valence-electron chi connectivity index (χ3n) is 3.45. The number of alkyl halides is 2. The first kappa shape index (κ1) is 7.85. The molecule has 0 spiro atoms. The molecule has 0 radical (unpaired) electrons. The molecule has 2 bridgehead atoms. The molecule has 1 aliphatic heterocycles. The van der Waals surface area contributed by atoms with Crippen LogP contribution in [0.25, 0.3) is 0 Å². The summed E-state index contributed by atoms with van der Waals surface area (Å²) >= 11 is 8.63. The molecular weight excluding hydrogens is 290 g/mol. The zero-order valence-electron chi connectivity index (χ0n) is 6.30. The zero-order chi connectivity index (χ0) is 8.51. The molecular formula is C8H8ClIO2. The number of rotatable bonds is 0. The van der Waals surface area contributed by atoms with Crippen molar-refractivity contribution in [2.75, 3.05) is 0 Å². The Balaban J connectivity index is 2.09. The minimum atomic E-state index is -0.628. The van der Waals surface area contributed by atoms with Crippen LogP contribution in [0.4, 0.5) is 0 Å². The summed E-state index contributed by atoms with van der Waals surface area (Å²) < 4.78 is 5.78.